The molecule has 0 aromatic rings. The highest BCUT2D eigenvalue weighted by atomic mass is 16.6. The molecule has 1 aliphatic heterocycles. The van der Waals surface area contributed by atoms with E-state index in [9.17, 15) is 0 Å². The summed E-state index contributed by atoms with van der Waals surface area (Å²) in [6, 6.07) is 0. The Kier molecular flexibility index (Phi) is 1.47. The highest BCUT2D eigenvalue weighted by Crippen LogP contribution is 2.28. The Hall–Kier alpha value is -0.530. The van der Waals surface area contributed by atoms with Crippen LogP contribution in [0.25, 0.3) is 0 Å². The van der Waals surface area contributed by atoms with E-state index in [-0.39, 0.29) is 5.41 Å². The Morgan fingerprint density at radius 3 is 2.56 bits per heavy atom. The van der Waals surface area contributed by atoms with Crippen LogP contribution in [0.4, 0.5) is 0 Å². The lowest BCUT2D eigenvalue weighted by Crippen LogP contribution is -2.25. The summed E-state index contributed by atoms with van der Waals surface area (Å²) in [6.45, 7) is 7.26. The zero-order valence-corrected chi connectivity index (χ0v) is 6.22. The van der Waals surface area contributed by atoms with Gasteiger partial charge in [-0.1, -0.05) is 25.9 Å². The first-order valence-electron chi connectivity index (χ1n) is 3.32. The van der Waals surface area contributed by atoms with Gasteiger partial charge in [0.1, 0.15) is 6.61 Å². The van der Waals surface area contributed by atoms with Crippen molar-refractivity contribution < 1.29 is 4.84 Å². The second-order valence-corrected chi connectivity index (χ2v) is 3.17. The molecule has 0 saturated carbocycles. The molecule has 0 N–H and O–H groups in total. The van der Waals surface area contributed by atoms with Crippen LogP contribution in [-0.2, 0) is 4.84 Å². The monoisotopic (exact) mass is 127 g/mol. The zero-order chi connectivity index (χ0) is 6.91. The lowest BCUT2D eigenvalue weighted by molar-refractivity contribution is 0.107. The third-order valence-electron chi connectivity index (χ3n) is 2.12. The molecule has 2 nitrogen and oxygen atoms in total. The summed E-state index contributed by atoms with van der Waals surface area (Å²) in [4.78, 5) is 4.89. The molecule has 0 spiro atoms. The van der Waals surface area contributed by atoms with Gasteiger partial charge in [-0.3, -0.25) is 0 Å². The molecule has 0 bridgehead atoms. The normalized spacial score (nSPS) is 33.3. The minimum Gasteiger partial charge on any atom is -0.395 e. The summed E-state index contributed by atoms with van der Waals surface area (Å²) in [7, 11) is 0. The highest BCUT2D eigenvalue weighted by molar-refractivity contribution is 5.66. The van der Waals surface area contributed by atoms with Gasteiger partial charge in [-0.2, -0.15) is 0 Å². The molecule has 0 aromatic heterocycles. The van der Waals surface area contributed by atoms with Crippen molar-refractivity contribution in [2.45, 2.75) is 20.8 Å². The van der Waals surface area contributed by atoms with E-state index in [0.717, 1.165) is 6.61 Å². The zero-order valence-electron chi connectivity index (χ0n) is 6.22. The van der Waals surface area contributed by atoms with Gasteiger partial charge in [0.15, 0.2) is 0 Å². The van der Waals surface area contributed by atoms with Crippen molar-refractivity contribution in [3.05, 3.63) is 0 Å². The molecule has 1 atom stereocenters. The Labute approximate surface area is 55.9 Å². The molecule has 0 amide bonds. The predicted octanol–water partition coefficient (Wildman–Crippen LogP) is 1.66. The quantitative estimate of drug-likeness (QED) is 0.525. The van der Waals surface area contributed by atoms with Gasteiger partial charge in [0, 0.05) is 5.41 Å². The van der Waals surface area contributed by atoms with E-state index in [1.165, 1.54) is 0 Å². The lowest BCUT2D eigenvalue weighted by Gasteiger charge is -2.21. The Balaban J connectivity index is 2.62. The van der Waals surface area contributed by atoms with Gasteiger partial charge in [0.25, 0.3) is 0 Å². The molecular formula is C7H13NO. The summed E-state index contributed by atoms with van der Waals surface area (Å²) < 4.78 is 0. The average Bonchev–Trinajstić information content (AvgIpc) is 2.16. The Bertz CT molecular complexity index is 131. The smallest absolute Gasteiger partial charge is 0.127 e. The van der Waals surface area contributed by atoms with Crippen molar-refractivity contribution >= 4 is 6.21 Å². The highest BCUT2D eigenvalue weighted by Gasteiger charge is 2.30. The van der Waals surface area contributed by atoms with E-state index in [2.05, 4.69) is 25.9 Å². The van der Waals surface area contributed by atoms with E-state index in [4.69, 9.17) is 4.84 Å². The van der Waals surface area contributed by atoms with Gasteiger partial charge in [-0.05, 0) is 5.92 Å². The summed E-state index contributed by atoms with van der Waals surface area (Å²) in [5.74, 6) is 0.615. The van der Waals surface area contributed by atoms with Crippen molar-refractivity contribution in [2.24, 2.45) is 16.5 Å². The van der Waals surface area contributed by atoms with Crippen molar-refractivity contribution in [1.82, 2.24) is 0 Å². The third kappa shape index (κ3) is 1.07. The second-order valence-electron chi connectivity index (χ2n) is 3.17. The summed E-state index contributed by atoms with van der Waals surface area (Å²) >= 11 is 0. The van der Waals surface area contributed by atoms with Crippen LogP contribution in [0.3, 0.4) is 0 Å². The first-order chi connectivity index (χ1) is 4.15. The van der Waals surface area contributed by atoms with Gasteiger partial charge in [0.2, 0.25) is 0 Å². The third-order valence-corrected chi connectivity index (χ3v) is 2.12. The largest absolute Gasteiger partial charge is 0.395 e. The lowest BCUT2D eigenvalue weighted by atomic mass is 9.82. The maximum atomic E-state index is 4.89. The number of oxime groups is 1. The molecular weight excluding hydrogens is 114 g/mol. The Morgan fingerprint density at radius 2 is 2.33 bits per heavy atom. The van der Waals surface area contributed by atoms with E-state index < -0.39 is 0 Å². The number of hydrogen-bond acceptors (Lipinski definition) is 2. The average molecular weight is 127 g/mol. The predicted molar refractivity (Wildman–Crippen MR) is 37.4 cm³/mol. The first-order valence-corrected chi connectivity index (χ1v) is 3.32. The minimum absolute atomic E-state index is 0.181. The van der Waals surface area contributed by atoms with Crippen molar-refractivity contribution in [1.29, 1.82) is 0 Å². The van der Waals surface area contributed by atoms with Crippen LogP contribution in [0.5, 0.6) is 0 Å². The molecule has 1 rings (SSSR count). The molecule has 9 heavy (non-hydrogen) atoms. The van der Waals surface area contributed by atoms with Crippen LogP contribution in [0.15, 0.2) is 5.16 Å². The fourth-order valence-electron chi connectivity index (χ4n) is 0.687. The van der Waals surface area contributed by atoms with E-state index >= 15 is 0 Å². The molecule has 1 aliphatic rings. The first kappa shape index (κ1) is 6.59. The van der Waals surface area contributed by atoms with E-state index in [0.29, 0.717) is 5.92 Å². The summed E-state index contributed by atoms with van der Waals surface area (Å²) in [6.07, 6.45) is 1.90. The van der Waals surface area contributed by atoms with Crippen molar-refractivity contribution in [3.8, 4) is 0 Å². The SMILES string of the molecule is CC(C)C1(C)C=NOC1. The van der Waals surface area contributed by atoms with Crippen LogP contribution in [-0.4, -0.2) is 12.8 Å². The van der Waals surface area contributed by atoms with Crippen LogP contribution in [0.1, 0.15) is 20.8 Å². The maximum absolute atomic E-state index is 4.89. The summed E-state index contributed by atoms with van der Waals surface area (Å²) in [5, 5.41) is 3.73. The van der Waals surface area contributed by atoms with E-state index in [1.54, 1.807) is 0 Å². The van der Waals surface area contributed by atoms with Crippen LogP contribution in [0, 0.1) is 11.3 Å². The molecule has 0 aromatic carbocycles. The van der Waals surface area contributed by atoms with E-state index in [1.807, 2.05) is 6.21 Å². The molecule has 0 aliphatic carbocycles. The molecule has 0 fully saturated rings. The van der Waals surface area contributed by atoms with Crippen LogP contribution < -0.4 is 0 Å². The fraction of sp³-hybridized carbons (Fsp3) is 0.857. The summed E-state index contributed by atoms with van der Waals surface area (Å²) in [5.41, 5.74) is 0.181. The number of nitrogens with zero attached hydrogens (tertiary/aromatic N) is 1. The second kappa shape index (κ2) is 2.01. The van der Waals surface area contributed by atoms with Gasteiger partial charge in [0.05, 0.1) is 6.21 Å². The molecule has 1 unspecified atom stereocenters. The topological polar surface area (TPSA) is 21.6 Å². The molecule has 0 radical (unpaired) electrons. The number of hydrogen-bond donors (Lipinski definition) is 0. The van der Waals surface area contributed by atoms with Gasteiger partial charge in [-0.15, -0.1) is 0 Å². The van der Waals surface area contributed by atoms with Gasteiger partial charge < -0.3 is 4.84 Å². The van der Waals surface area contributed by atoms with Crippen LogP contribution in [0.2, 0.25) is 0 Å². The maximum Gasteiger partial charge on any atom is 0.127 e. The fourth-order valence-corrected chi connectivity index (χ4v) is 0.687. The van der Waals surface area contributed by atoms with Crippen molar-refractivity contribution in [2.75, 3.05) is 6.61 Å². The molecule has 52 valence electrons. The molecule has 0 saturated heterocycles. The van der Waals surface area contributed by atoms with Gasteiger partial charge in [-0.25, -0.2) is 0 Å². The van der Waals surface area contributed by atoms with Gasteiger partial charge >= 0.3 is 0 Å². The number of rotatable bonds is 1. The molecule has 2 heteroatoms. The molecule has 1 heterocycles. The van der Waals surface area contributed by atoms with Crippen LogP contribution >= 0.6 is 0 Å². The van der Waals surface area contributed by atoms with Crippen molar-refractivity contribution in [3.63, 3.8) is 0 Å². The Morgan fingerprint density at radius 1 is 1.67 bits per heavy atom. The standard InChI is InChI=1S/C7H13NO/c1-6(2)7(3)4-8-9-5-7/h4,6H,5H2,1-3H3. The minimum atomic E-state index is 0.181.